The highest BCUT2D eigenvalue weighted by atomic mass is 79.9. The fraction of sp³-hybridized carbons (Fsp3) is 0.0714. The molecule has 0 aliphatic carbocycles. The summed E-state index contributed by atoms with van der Waals surface area (Å²) in [6, 6.07) is 14.1. The lowest BCUT2D eigenvalue weighted by molar-refractivity contribution is 0.103. The predicted molar refractivity (Wildman–Crippen MR) is 76.3 cm³/mol. The smallest absolute Gasteiger partial charge is 0.193 e. The summed E-state index contributed by atoms with van der Waals surface area (Å²) in [4.78, 5) is 12.9. The van der Waals surface area contributed by atoms with E-state index >= 15 is 0 Å². The number of hydrogen-bond acceptors (Lipinski definition) is 2. The summed E-state index contributed by atoms with van der Waals surface area (Å²) in [6.45, 7) is 0. The third kappa shape index (κ3) is 2.94. The largest absolute Gasteiger partial charge is 0.289 e. The normalized spacial score (nSPS) is 12.1. The minimum absolute atomic E-state index is 0.0315. The second-order valence-corrected chi connectivity index (χ2v) is 6.11. The summed E-state index contributed by atoms with van der Waals surface area (Å²) < 4.78 is 12.2. The van der Waals surface area contributed by atoms with Crippen molar-refractivity contribution in [2.24, 2.45) is 0 Å². The molecule has 0 spiro atoms. The molecule has 0 saturated heterocycles. The highest BCUT2D eigenvalue weighted by molar-refractivity contribution is 9.10. The van der Waals surface area contributed by atoms with Gasteiger partial charge in [-0.15, -0.1) is 0 Å². The maximum absolute atomic E-state index is 12.1. The van der Waals surface area contributed by atoms with E-state index in [1.54, 1.807) is 42.7 Å². The number of halogens is 1. The van der Waals surface area contributed by atoms with E-state index in [1.807, 2.05) is 12.1 Å². The third-order valence-electron chi connectivity index (χ3n) is 2.55. The molecule has 2 aromatic carbocycles. The van der Waals surface area contributed by atoms with Gasteiger partial charge in [0.05, 0.1) is 0 Å². The predicted octanol–water partition coefficient (Wildman–Crippen LogP) is 3.42. The molecule has 4 heteroatoms. The van der Waals surface area contributed by atoms with Crippen LogP contribution in [0.4, 0.5) is 0 Å². The Morgan fingerprint density at radius 3 is 1.83 bits per heavy atom. The van der Waals surface area contributed by atoms with E-state index in [4.69, 9.17) is 0 Å². The van der Waals surface area contributed by atoms with Crippen LogP contribution in [0.5, 0.6) is 0 Å². The topological polar surface area (TPSA) is 34.1 Å². The lowest BCUT2D eigenvalue weighted by Gasteiger charge is -2.02. The molecule has 0 saturated carbocycles. The van der Waals surface area contributed by atoms with E-state index in [9.17, 15) is 9.00 Å². The Morgan fingerprint density at radius 1 is 0.944 bits per heavy atom. The number of hydrogen-bond donors (Lipinski definition) is 0. The average molecular weight is 323 g/mol. The van der Waals surface area contributed by atoms with Gasteiger partial charge >= 0.3 is 0 Å². The second kappa shape index (κ2) is 5.59. The first-order valence-corrected chi connectivity index (χ1v) is 7.67. The van der Waals surface area contributed by atoms with Crippen molar-refractivity contribution in [3.8, 4) is 0 Å². The molecule has 2 aromatic rings. The molecule has 0 N–H and O–H groups in total. The van der Waals surface area contributed by atoms with E-state index in [0.29, 0.717) is 11.1 Å². The van der Waals surface area contributed by atoms with Crippen LogP contribution in [0.2, 0.25) is 0 Å². The van der Waals surface area contributed by atoms with Crippen LogP contribution in [0, 0.1) is 0 Å². The first-order valence-electron chi connectivity index (χ1n) is 5.31. The quantitative estimate of drug-likeness (QED) is 0.811. The van der Waals surface area contributed by atoms with Crippen LogP contribution >= 0.6 is 15.9 Å². The Balaban J connectivity index is 2.28. The SMILES string of the molecule is CS(=O)c1ccc(C(=O)c2ccc(Br)cc2)cc1. The molecule has 0 amide bonds. The maximum Gasteiger partial charge on any atom is 0.193 e. The van der Waals surface area contributed by atoms with E-state index in [0.717, 1.165) is 9.37 Å². The van der Waals surface area contributed by atoms with Gasteiger partial charge in [-0.3, -0.25) is 9.00 Å². The van der Waals surface area contributed by atoms with Gasteiger partial charge in [0.1, 0.15) is 0 Å². The van der Waals surface area contributed by atoms with Crippen molar-refractivity contribution in [3.05, 3.63) is 64.1 Å². The van der Waals surface area contributed by atoms with Gasteiger partial charge in [0.25, 0.3) is 0 Å². The Hall–Kier alpha value is -1.26. The molecule has 2 nitrogen and oxygen atoms in total. The molecule has 1 atom stereocenters. The summed E-state index contributed by atoms with van der Waals surface area (Å²) in [5.41, 5.74) is 1.25. The Kier molecular flexibility index (Phi) is 4.09. The number of carbonyl (C=O) groups excluding carboxylic acids is 1. The number of benzene rings is 2. The summed E-state index contributed by atoms with van der Waals surface area (Å²) in [6.07, 6.45) is 1.62. The molecule has 0 aliphatic rings. The maximum atomic E-state index is 12.1. The molecule has 2 rings (SSSR count). The van der Waals surface area contributed by atoms with Crippen LogP contribution in [0.1, 0.15) is 15.9 Å². The number of rotatable bonds is 3. The molecule has 0 fully saturated rings. The van der Waals surface area contributed by atoms with Gasteiger partial charge in [-0.1, -0.05) is 15.9 Å². The summed E-state index contributed by atoms with van der Waals surface area (Å²) >= 11 is 3.33. The van der Waals surface area contributed by atoms with Crippen molar-refractivity contribution in [3.63, 3.8) is 0 Å². The molecule has 0 bridgehead atoms. The molecule has 0 aliphatic heterocycles. The van der Waals surface area contributed by atoms with E-state index in [1.165, 1.54) is 0 Å². The highest BCUT2D eigenvalue weighted by Gasteiger charge is 2.09. The Bertz CT molecular complexity index is 588. The van der Waals surface area contributed by atoms with Crippen LogP contribution in [0.3, 0.4) is 0 Å². The van der Waals surface area contributed by atoms with Gasteiger partial charge < -0.3 is 0 Å². The fourth-order valence-corrected chi connectivity index (χ4v) is 2.35. The van der Waals surface area contributed by atoms with Crippen molar-refractivity contribution >= 4 is 32.5 Å². The first kappa shape index (κ1) is 13.2. The van der Waals surface area contributed by atoms with Crippen LogP contribution < -0.4 is 0 Å². The highest BCUT2D eigenvalue weighted by Crippen LogP contribution is 2.15. The standard InChI is InChI=1S/C14H11BrO2S/c1-18(17)13-8-4-11(5-9-13)14(16)10-2-6-12(15)7-3-10/h2-9H,1H3. The van der Waals surface area contributed by atoms with Crippen LogP contribution in [-0.4, -0.2) is 16.2 Å². The van der Waals surface area contributed by atoms with Crippen LogP contribution in [-0.2, 0) is 10.8 Å². The number of carbonyl (C=O) groups is 1. The van der Waals surface area contributed by atoms with Gasteiger partial charge in [-0.25, -0.2) is 0 Å². The Morgan fingerprint density at radius 2 is 1.39 bits per heavy atom. The molecule has 18 heavy (non-hydrogen) atoms. The summed E-state index contributed by atoms with van der Waals surface area (Å²) in [5.74, 6) is -0.0315. The Labute approximate surface area is 117 Å². The van der Waals surface area contributed by atoms with Gasteiger partial charge in [0.2, 0.25) is 0 Å². The molecule has 0 aromatic heterocycles. The lowest BCUT2D eigenvalue weighted by Crippen LogP contribution is -2.01. The van der Waals surface area contributed by atoms with Gasteiger partial charge in [-0.05, 0) is 48.5 Å². The summed E-state index contributed by atoms with van der Waals surface area (Å²) in [7, 11) is -1.02. The second-order valence-electron chi connectivity index (χ2n) is 3.81. The van der Waals surface area contributed by atoms with Crippen molar-refractivity contribution in [2.45, 2.75) is 4.90 Å². The van der Waals surface area contributed by atoms with Crippen molar-refractivity contribution in [2.75, 3.05) is 6.26 Å². The third-order valence-corrected chi connectivity index (χ3v) is 4.02. The zero-order valence-electron chi connectivity index (χ0n) is 9.72. The minimum Gasteiger partial charge on any atom is -0.289 e. The average Bonchev–Trinajstić information content (AvgIpc) is 2.39. The van der Waals surface area contributed by atoms with E-state index in [-0.39, 0.29) is 5.78 Å². The molecule has 1 unspecified atom stereocenters. The fourth-order valence-electron chi connectivity index (χ4n) is 1.57. The molecule has 0 heterocycles. The lowest BCUT2D eigenvalue weighted by atomic mass is 10.0. The van der Waals surface area contributed by atoms with Crippen molar-refractivity contribution in [1.82, 2.24) is 0 Å². The number of ketones is 1. The molecular weight excluding hydrogens is 312 g/mol. The monoisotopic (exact) mass is 322 g/mol. The van der Waals surface area contributed by atoms with E-state index in [2.05, 4.69) is 15.9 Å². The van der Waals surface area contributed by atoms with Gasteiger partial charge in [0.15, 0.2) is 5.78 Å². The molecular formula is C14H11BrO2S. The molecule has 0 radical (unpaired) electrons. The zero-order chi connectivity index (χ0) is 13.1. The van der Waals surface area contributed by atoms with E-state index < -0.39 is 10.8 Å². The summed E-state index contributed by atoms with van der Waals surface area (Å²) in [5, 5.41) is 0. The minimum atomic E-state index is -1.02. The molecule has 92 valence electrons. The van der Waals surface area contributed by atoms with Crippen LogP contribution in [0.25, 0.3) is 0 Å². The van der Waals surface area contributed by atoms with Gasteiger partial charge in [-0.2, -0.15) is 0 Å². The first-order chi connectivity index (χ1) is 8.58. The van der Waals surface area contributed by atoms with Crippen molar-refractivity contribution in [1.29, 1.82) is 0 Å². The van der Waals surface area contributed by atoms with Crippen LogP contribution in [0.15, 0.2) is 57.9 Å². The zero-order valence-corrected chi connectivity index (χ0v) is 12.1. The van der Waals surface area contributed by atoms with Crippen molar-refractivity contribution < 1.29 is 9.00 Å². The van der Waals surface area contributed by atoms with Gasteiger partial charge in [0, 0.05) is 37.6 Å².